The Morgan fingerprint density at radius 2 is 2.08 bits per heavy atom. The largest absolute Gasteiger partial charge is 0.346 e. The minimum absolute atomic E-state index is 0.187. The zero-order chi connectivity index (χ0) is 18.5. The summed E-state index contributed by atoms with van der Waals surface area (Å²) in [5, 5.41) is 13.6. The van der Waals surface area contributed by atoms with E-state index in [9.17, 15) is 9.59 Å². The Kier molecular flexibility index (Phi) is 5.62. The SMILES string of the molecule is CC[C@H](Cn1nc(-c2cccs2)ccc1=O)NC(=O)c1ccn(CC)n1. The Morgan fingerprint density at radius 1 is 1.23 bits per heavy atom. The highest BCUT2D eigenvalue weighted by Crippen LogP contribution is 2.21. The second-order valence-electron chi connectivity index (χ2n) is 5.85. The Hall–Kier alpha value is -2.74. The first-order valence-electron chi connectivity index (χ1n) is 8.57. The molecule has 3 rings (SSSR count). The summed E-state index contributed by atoms with van der Waals surface area (Å²) in [6, 6.07) is 8.62. The molecule has 0 bridgehead atoms. The van der Waals surface area contributed by atoms with Gasteiger partial charge in [0, 0.05) is 24.8 Å². The molecule has 1 N–H and O–H groups in total. The summed E-state index contributed by atoms with van der Waals surface area (Å²) in [6.07, 6.45) is 2.45. The summed E-state index contributed by atoms with van der Waals surface area (Å²) >= 11 is 1.57. The molecule has 0 saturated heterocycles. The van der Waals surface area contributed by atoms with E-state index >= 15 is 0 Å². The molecule has 8 heteroatoms. The predicted octanol–water partition coefficient (Wildman–Crippen LogP) is 2.40. The van der Waals surface area contributed by atoms with Crippen LogP contribution in [0.3, 0.4) is 0 Å². The van der Waals surface area contributed by atoms with Crippen LogP contribution in [0.15, 0.2) is 46.7 Å². The molecule has 0 aliphatic rings. The van der Waals surface area contributed by atoms with E-state index in [1.54, 1.807) is 34.3 Å². The van der Waals surface area contributed by atoms with E-state index in [1.165, 1.54) is 10.7 Å². The molecule has 3 heterocycles. The van der Waals surface area contributed by atoms with Crippen LogP contribution in [0, 0.1) is 0 Å². The number of aromatic nitrogens is 4. The number of thiophene rings is 1. The van der Waals surface area contributed by atoms with Crippen molar-refractivity contribution in [2.45, 2.75) is 39.4 Å². The van der Waals surface area contributed by atoms with Crippen LogP contribution in [0.2, 0.25) is 0 Å². The van der Waals surface area contributed by atoms with E-state index in [-0.39, 0.29) is 17.5 Å². The van der Waals surface area contributed by atoms with Gasteiger partial charge in [0.1, 0.15) is 11.4 Å². The number of carbonyl (C=O) groups is 1. The van der Waals surface area contributed by atoms with Crippen molar-refractivity contribution >= 4 is 17.2 Å². The molecule has 0 saturated carbocycles. The fourth-order valence-corrected chi connectivity index (χ4v) is 3.23. The molecule has 3 aromatic rings. The summed E-state index contributed by atoms with van der Waals surface area (Å²) in [5.74, 6) is -0.244. The highest BCUT2D eigenvalue weighted by molar-refractivity contribution is 7.13. The monoisotopic (exact) mass is 371 g/mol. The van der Waals surface area contributed by atoms with Crippen LogP contribution in [0.5, 0.6) is 0 Å². The number of nitrogens with zero attached hydrogens (tertiary/aromatic N) is 4. The van der Waals surface area contributed by atoms with Crippen molar-refractivity contribution in [1.82, 2.24) is 24.9 Å². The lowest BCUT2D eigenvalue weighted by atomic mass is 10.2. The van der Waals surface area contributed by atoms with Crippen LogP contribution in [0.1, 0.15) is 30.8 Å². The molecule has 136 valence electrons. The average Bonchev–Trinajstić information content (AvgIpc) is 3.34. The van der Waals surface area contributed by atoms with Gasteiger partial charge in [0.05, 0.1) is 11.4 Å². The predicted molar refractivity (Wildman–Crippen MR) is 101 cm³/mol. The number of hydrogen-bond acceptors (Lipinski definition) is 5. The van der Waals surface area contributed by atoms with Crippen LogP contribution < -0.4 is 10.9 Å². The van der Waals surface area contributed by atoms with Gasteiger partial charge in [-0.2, -0.15) is 10.2 Å². The number of hydrogen-bond donors (Lipinski definition) is 1. The number of amides is 1. The summed E-state index contributed by atoms with van der Waals surface area (Å²) < 4.78 is 3.11. The van der Waals surface area contributed by atoms with Crippen LogP contribution in [0.25, 0.3) is 10.6 Å². The van der Waals surface area contributed by atoms with Gasteiger partial charge in [-0.3, -0.25) is 14.3 Å². The zero-order valence-electron chi connectivity index (χ0n) is 14.8. The maximum absolute atomic E-state index is 12.4. The van der Waals surface area contributed by atoms with E-state index in [0.717, 1.165) is 10.6 Å². The molecule has 0 aliphatic carbocycles. The molecule has 1 atom stereocenters. The summed E-state index contributed by atoms with van der Waals surface area (Å²) in [4.78, 5) is 25.5. The maximum atomic E-state index is 12.4. The first-order valence-corrected chi connectivity index (χ1v) is 9.45. The molecule has 26 heavy (non-hydrogen) atoms. The molecule has 3 aromatic heterocycles. The Balaban J connectivity index is 1.74. The average molecular weight is 371 g/mol. The van der Waals surface area contributed by atoms with Gasteiger partial charge in [0.15, 0.2) is 0 Å². The highest BCUT2D eigenvalue weighted by Gasteiger charge is 2.16. The van der Waals surface area contributed by atoms with Crippen LogP contribution in [0.4, 0.5) is 0 Å². The molecule has 1 amide bonds. The first kappa shape index (κ1) is 18.1. The minimum Gasteiger partial charge on any atom is -0.346 e. The van der Waals surface area contributed by atoms with Gasteiger partial charge in [-0.25, -0.2) is 4.68 Å². The highest BCUT2D eigenvalue weighted by atomic mass is 32.1. The van der Waals surface area contributed by atoms with E-state index in [4.69, 9.17) is 0 Å². The molecule has 7 nitrogen and oxygen atoms in total. The molecule has 0 aliphatic heterocycles. The molecule has 0 spiro atoms. The summed E-state index contributed by atoms with van der Waals surface area (Å²) in [6.45, 7) is 4.94. The van der Waals surface area contributed by atoms with Crippen molar-refractivity contribution in [3.05, 3.63) is 58.0 Å². The van der Waals surface area contributed by atoms with Gasteiger partial charge in [-0.1, -0.05) is 13.0 Å². The maximum Gasteiger partial charge on any atom is 0.272 e. The first-order chi connectivity index (χ1) is 12.6. The lowest BCUT2D eigenvalue weighted by Crippen LogP contribution is -2.40. The summed E-state index contributed by atoms with van der Waals surface area (Å²) in [7, 11) is 0. The third kappa shape index (κ3) is 4.08. The molecule has 0 fully saturated rings. The van der Waals surface area contributed by atoms with E-state index in [0.29, 0.717) is 25.2 Å². The Labute approximate surface area is 155 Å². The number of aryl methyl sites for hydroxylation is 1. The summed E-state index contributed by atoms with van der Waals surface area (Å²) in [5.41, 5.74) is 0.939. The van der Waals surface area contributed by atoms with Gasteiger partial charge in [-0.05, 0) is 36.9 Å². The van der Waals surface area contributed by atoms with Gasteiger partial charge in [0.25, 0.3) is 11.5 Å². The van der Waals surface area contributed by atoms with Crippen molar-refractivity contribution in [3.8, 4) is 10.6 Å². The number of rotatable bonds is 7. The quantitative estimate of drug-likeness (QED) is 0.691. The molecule has 0 unspecified atom stereocenters. The fourth-order valence-electron chi connectivity index (χ4n) is 2.54. The second kappa shape index (κ2) is 8.09. The molecular weight excluding hydrogens is 350 g/mol. The van der Waals surface area contributed by atoms with Gasteiger partial charge < -0.3 is 5.32 Å². The smallest absolute Gasteiger partial charge is 0.272 e. The van der Waals surface area contributed by atoms with Gasteiger partial charge in [0.2, 0.25) is 0 Å². The topological polar surface area (TPSA) is 81.8 Å². The minimum atomic E-state index is -0.244. The molecule has 0 radical (unpaired) electrons. The van der Waals surface area contributed by atoms with Crippen LogP contribution in [-0.2, 0) is 13.1 Å². The molecular formula is C18H21N5O2S. The fraction of sp³-hybridized carbons (Fsp3) is 0.333. The lowest BCUT2D eigenvalue weighted by Gasteiger charge is -2.17. The van der Waals surface area contributed by atoms with Gasteiger partial charge in [-0.15, -0.1) is 11.3 Å². The van der Waals surface area contributed by atoms with E-state index in [1.807, 2.05) is 31.4 Å². The van der Waals surface area contributed by atoms with Crippen molar-refractivity contribution in [2.75, 3.05) is 0 Å². The van der Waals surface area contributed by atoms with E-state index in [2.05, 4.69) is 15.5 Å². The number of carbonyl (C=O) groups excluding carboxylic acids is 1. The zero-order valence-corrected chi connectivity index (χ0v) is 15.6. The van der Waals surface area contributed by atoms with Gasteiger partial charge >= 0.3 is 0 Å². The molecule has 0 aromatic carbocycles. The lowest BCUT2D eigenvalue weighted by molar-refractivity contribution is 0.0924. The van der Waals surface area contributed by atoms with Crippen molar-refractivity contribution in [3.63, 3.8) is 0 Å². The third-order valence-corrected chi connectivity index (χ3v) is 4.95. The van der Waals surface area contributed by atoms with Crippen molar-refractivity contribution in [1.29, 1.82) is 0 Å². The third-order valence-electron chi connectivity index (χ3n) is 4.06. The van der Waals surface area contributed by atoms with Crippen molar-refractivity contribution in [2.24, 2.45) is 0 Å². The van der Waals surface area contributed by atoms with Crippen LogP contribution >= 0.6 is 11.3 Å². The standard InChI is InChI=1S/C18H21N5O2S/c1-3-13(19-18(25)15-9-10-22(4-2)20-15)12-23-17(24)8-7-14(21-23)16-6-5-11-26-16/h5-11,13H,3-4,12H2,1-2H3,(H,19,25)/t13-/m1/s1. The normalized spacial score (nSPS) is 12.1. The van der Waals surface area contributed by atoms with E-state index < -0.39 is 0 Å². The Bertz CT molecular complexity index is 929. The second-order valence-corrected chi connectivity index (χ2v) is 6.80. The Morgan fingerprint density at radius 3 is 2.73 bits per heavy atom. The van der Waals surface area contributed by atoms with Crippen molar-refractivity contribution < 1.29 is 4.79 Å². The number of nitrogens with one attached hydrogen (secondary N) is 1. The van der Waals surface area contributed by atoms with Crippen LogP contribution in [-0.4, -0.2) is 31.5 Å².